The Balaban J connectivity index is 0.000000454. The molecule has 0 unspecified atom stereocenters. The summed E-state index contributed by atoms with van der Waals surface area (Å²) in [5.41, 5.74) is 2.29. The van der Waals surface area contributed by atoms with E-state index in [1.165, 1.54) is 11.6 Å². The van der Waals surface area contributed by atoms with Crippen LogP contribution in [0.4, 0.5) is 18.9 Å². The number of methoxy groups -OCH3 is 2. The third-order valence-electron chi connectivity index (χ3n) is 5.68. The van der Waals surface area contributed by atoms with Crippen LogP contribution in [-0.4, -0.2) is 55.5 Å². The van der Waals surface area contributed by atoms with Gasteiger partial charge in [0.15, 0.2) is 0 Å². The summed E-state index contributed by atoms with van der Waals surface area (Å²) in [6.45, 7) is 2.91. The number of rotatable bonds is 6. The van der Waals surface area contributed by atoms with Gasteiger partial charge >= 0.3 is 17.8 Å². The number of benzene rings is 2. The lowest BCUT2D eigenvalue weighted by Crippen LogP contribution is -2.38. The van der Waals surface area contributed by atoms with Crippen LogP contribution in [0.3, 0.4) is 0 Å². The predicted octanol–water partition coefficient (Wildman–Crippen LogP) is 4.52. The normalized spacial score (nSPS) is 14.6. The average molecular weight is 508 g/mol. The van der Waals surface area contributed by atoms with Crippen LogP contribution in [0.1, 0.15) is 18.4 Å². The van der Waals surface area contributed by atoms with Crippen LogP contribution in [0.25, 0.3) is 11.0 Å². The van der Waals surface area contributed by atoms with Crippen molar-refractivity contribution in [3.8, 4) is 11.5 Å². The molecular weight excluding hydrogens is 481 g/mol. The number of carbonyl (C=O) groups is 1. The first-order chi connectivity index (χ1) is 17.1. The lowest BCUT2D eigenvalue weighted by atomic mass is 10.0. The van der Waals surface area contributed by atoms with Crippen molar-refractivity contribution in [3.05, 3.63) is 64.5 Å². The maximum Gasteiger partial charge on any atom is 0.490 e. The summed E-state index contributed by atoms with van der Waals surface area (Å²) >= 11 is 0. The third kappa shape index (κ3) is 7.38. The average Bonchev–Trinajstić information content (AvgIpc) is 2.85. The molecule has 3 aromatic rings. The van der Waals surface area contributed by atoms with Crippen LogP contribution in [0.2, 0.25) is 0 Å². The summed E-state index contributed by atoms with van der Waals surface area (Å²) in [7, 11) is 3.32. The molecule has 4 rings (SSSR count). The van der Waals surface area contributed by atoms with Crippen LogP contribution >= 0.6 is 0 Å². The van der Waals surface area contributed by atoms with Gasteiger partial charge in [-0.2, -0.15) is 13.2 Å². The second-order valence-electron chi connectivity index (χ2n) is 8.19. The zero-order valence-corrected chi connectivity index (χ0v) is 19.8. The highest BCUT2D eigenvalue weighted by atomic mass is 19.4. The molecule has 0 bridgehead atoms. The molecule has 8 nitrogen and oxygen atoms in total. The van der Waals surface area contributed by atoms with E-state index in [1.54, 1.807) is 26.4 Å². The molecule has 1 aromatic heterocycles. The van der Waals surface area contributed by atoms with E-state index in [0.29, 0.717) is 11.6 Å². The zero-order chi connectivity index (χ0) is 26.3. The van der Waals surface area contributed by atoms with Crippen molar-refractivity contribution in [1.29, 1.82) is 0 Å². The standard InChI is InChI=1S/C23H26N2O4.C2HF3O2/c1-27-18-5-3-4-16(12-18)15-25-10-8-17(9-11-25)24-21-14-23(26)29-22-7-6-19(28-2)13-20(21)22;3-2(4,5)1(6)7/h3-7,12-14,17,24H,8-11,15H2,1-2H3;(H,6,7). The van der Waals surface area contributed by atoms with Gasteiger partial charge in [0, 0.05) is 37.1 Å². The maximum absolute atomic E-state index is 12.0. The number of aliphatic carboxylic acids is 1. The van der Waals surface area contributed by atoms with Gasteiger partial charge in [0.2, 0.25) is 0 Å². The predicted molar refractivity (Wildman–Crippen MR) is 128 cm³/mol. The highest BCUT2D eigenvalue weighted by Crippen LogP contribution is 2.28. The molecule has 36 heavy (non-hydrogen) atoms. The minimum atomic E-state index is -5.08. The molecule has 1 aliphatic heterocycles. The fraction of sp³-hybridized carbons (Fsp3) is 0.360. The van der Waals surface area contributed by atoms with Crippen molar-refractivity contribution in [2.75, 3.05) is 32.6 Å². The van der Waals surface area contributed by atoms with Crippen LogP contribution < -0.4 is 20.4 Å². The van der Waals surface area contributed by atoms with Gasteiger partial charge in [-0.3, -0.25) is 4.90 Å². The number of carboxylic acid groups (broad SMARTS) is 1. The number of likely N-dealkylation sites (tertiary alicyclic amines) is 1. The summed E-state index contributed by atoms with van der Waals surface area (Å²) in [5, 5.41) is 11.5. The zero-order valence-electron chi connectivity index (χ0n) is 19.8. The largest absolute Gasteiger partial charge is 0.497 e. The highest BCUT2D eigenvalue weighted by Gasteiger charge is 2.38. The number of ether oxygens (including phenoxy) is 2. The van der Waals surface area contributed by atoms with Crippen molar-refractivity contribution in [3.63, 3.8) is 0 Å². The molecule has 11 heteroatoms. The highest BCUT2D eigenvalue weighted by molar-refractivity contribution is 5.90. The van der Waals surface area contributed by atoms with Crippen molar-refractivity contribution >= 4 is 22.6 Å². The number of piperidine rings is 1. The fourth-order valence-corrected chi connectivity index (χ4v) is 3.87. The van der Waals surface area contributed by atoms with Gasteiger partial charge in [0.1, 0.15) is 17.1 Å². The molecule has 1 saturated heterocycles. The number of alkyl halides is 3. The molecule has 0 amide bonds. The monoisotopic (exact) mass is 508 g/mol. The van der Waals surface area contributed by atoms with Gasteiger partial charge in [0.25, 0.3) is 0 Å². The van der Waals surface area contributed by atoms with E-state index >= 15 is 0 Å². The summed E-state index contributed by atoms with van der Waals surface area (Å²) in [4.78, 5) is 23.3. The Bertz CT molecular complexity index is 1240. The minimum absolute atomic E-state index is 0.313. The Morgan fingerprint density at radius 1 is 1.08 bits per heavy atom. The molecule has 0 spiro atoms. The van der Waals surface area contributed by atoms with E-state index in [2.05, 4.69) is 22.3 Å². The molecule has 0 radical (unpaired) electrons. The van der Waals surface area contributed by atoms with Gasteiger partial charge in [-0.25, -0.2) is 9.59 Å². The Hall–Kier alpha value is -3.73. The number of nitrogens with zero attached hydrogens (tertiary/aromatic N) is 1. The summed E-state index contributed by atoms with van der Waals surface area (Å²) in [6.07, 6.45) is -3.06. The number of hydrogen-bond acceptors (Lipinski definition) is 7. The first kappa shape index (κ1) is 26.9. The molecule has 2 aromatic carbocycles. The number of halogens is 3. The molecule has 0 aliphatic carbocycles. The van der Waals surface area contributed by atoms with Gasteiger partial charge in [-0.1, -0.05) is 12.1 Å². The van der Waals surface area contributed by atoms with Gasteiger partial charge < -0.3 is 24.3 Å². The smallest absolute Gasteiger partial charge is 0.490 e. The van der Waals surface area contributed by atoms with Gasteiger partial charge in [-0.05, 0) is 48.7 Å². The second-order valence-corrected chi connectivity index (χ2v) is 8.19. The van der Waals surface area contributed by atoms with E-state index < -0.39 is 12.1 Å². The number of hydrogen-bond donors (Lipinski definition) is 2. The van der Waals surface area contributed by atoms with Crippen molar-refractivity contribution < 1.29 is 37.0 Å². The lowest BCUT2D eigenvalue weighted by Gasteiger charge is -2.33. The van der Waals surface area contributed by atoms with Crippen LogP contribution in [0, 0.1) is 0 Å². The van der Waals surface area contributed by atoms with Crippen molar-refractivity contribution in [2.24, 2.45) is 0 Å². The maximum atomic E-state index is 12.0. The van der Waals surface area contributed by atoms with Crippen LogP contribution in [-0.2, 0) is 11.3 Å². The quantitative estimate of drug-likeness (QED) is 0.469. The van der Waals surface area contributed by atoms with E-state index in [0.717, 1.165) is 55.0 Å². The Morgan fingerprint density at radius 3 is 2.33 bits per heavy atom. The molecule has 1 fully saturated rings. The molecule has 0 atom stereocenters. The number of fused-ring (bicyclic) bond motifs is 1. The molecule has 0 saturated carbocycles. The lowest BCUT2D eigenvalue weighted by molar-refractivity contribution is -0.192. The molecule has 1 aliphatic rings. The fourth-order valence-electron chi connectivity index (χ4n) is 3.87. The van der Waals surface area contributed by atoms with Crippen LogP contribution in [0.15, 0.2) is 57.7 Å². The van der Waals surface area contributed by atoms with Gasteiger partial charge in [-0.15, -0.1) is 0 Å². The van der Waals surface area contributed by atoms with Crippen molar-refractivity contribution in [2.45, 2.75) is 31.6 Å². The molecule has 194 valence electrons. The summed E-state index contributed by atoms with van der Waals surface area (Å²) in [5.74, 6) is -1.13. The van der Waals surface area contributed by atoms with Crippen LogP contribution in [0.5, 0.6) is 11.5 Å². The Morgan fingerprint density at radius 2 is 1.72 bits per heavy atom. The second kappa shape index (κ2) is 11.8. The van der Waals surface area contributed by atoms with E-state index in [4.69, 9.17) is 23.8 Å². The molecule has 2 heterocycles. The van der Waals surface area contributed by atoms with E-state index in [-0.39, 0.29) is 5.63 Å². The van der Waals surface area contributed by atoms with Gasteiger partial charge in [0.05, 0.1) is 19.9 Å². The van der Waals surface area contributed by atoms with E-state index in [9.17, 15) is 18.0 Å². The SMILES string of the molecule is COc1cccc(CN2CCC(Nc3cc(=O)oc4ccc(OC)cc34)CC2)c1.O=C(O)C(F)(F)F. The number of anilines is 1. The number of nitrogens with one attached hydrogen (secondary N) is 1. The first-order valence-corrected chi connectivity index (χ1v) is 11.1. The summed E-state index contributed by atoms with van der Waals surface area (Å²) in [6, 6.07) is 15.5. The molecule has 2 N–H and O–H groups in total. The third-order valence-corrected chi connectivity index (χ3v) is 5.68. The topological polar surface area (TPSA) is 101 Å². The Kier molecular flexibility index (Phi) is 8.81. The van der Waals surface area contributed by atoms with E-state index in [1.807, 2.05) is 18.2 Å². The minimum Gasteiger partial charge on any atom is -0.497 e. The Labute approximate surface area is 205 Å². The first-order valence-electron chi connectivity index (χ1n) is 11.1. The molecular formula is C25H27F3N2O6. The number of carboxylic acids is 1. The van der Waals surface area contributed by atoms with Crippen molar-refractivity contribution in [1.82, 2.24) is 4.90 Å². The summed E-state index contributed by atoms with van der Waals surface area (Å²) < 4.78 is 47.7.